The number of rotatable bonds is 8. The summed E-state index contributed by atoms with van der Waals surface area (Å²) in [7, 11) is -6.84. The molecule has 0 aliphatic carbocycles. The van der Waals surface area contributed by atoms with Crippen molar-refractivity contribution < 1.29 is 26.4 Å². The van der Waals surface area contributed by atoms with E-state index in [0.717, 1.165) is 19.3 Å². The van der Waals surface area contributed by atoms with Crippen LogP contribution in [0.15, 0.2) is 0 Å². The Bertz CT molecular complexity index is 637. The molecule has 25 heavy (non-hydrogen) atoms. The number of nitrogens with one attached hydrogen (secondary N) is 1. The van der Waals surface area contributed by atoms with Crippen molar-refractivity contribution >= 4 is 26.0 Å². The van der Waals surface area contributed by atoms with Gasteiger partial charge in [-0.05, 0) is 12.8 Å². The Morgan fingerprint density at radius 3 is 2.04 bits per heavy atom. The van der Waals surface area contributed by atoms with Gasteiger partial charge in [0.25, 0.3) is 0 Å². The topological polar surface area (TPSA) is 113 Å². The van der Waals surface area contributed by atoms with Crippen LogP contribution in [0.25, 0.3) is 0 Å². The van der Waals surface area contributed by atoms with Crippen molar-refractivity contribution in [1.82, 2.24) is 13.9 Å². The van der Waals surface area contributed by atoms with Gasteiger partial charge in [-0.15, -0.1) is 0 Å². The molecule has 2 aliphatic rings. The van der Waals surface area contributed by atoms with Gasteiger partial charge in [-0.2, -0.15) is 4.31 Å². The molecule has 0 radical (unpaired) electrons. The van der Waals surface area contributed by atoms with Crippen LogP contribution >= 0.6 is 0 Å². The average molecular weight is 398 g/mol. The Hall–Kier alpha value is -0.750. The van der Waals surface area contributed by atoms with Gasteiger partial charge in [0.05, 0.1) is 24.7 Å². The molecule has 2 fully saturated rings. The lowest BCUT2D eigenvalue weighted by atomic mass is 10.2. The highest BCUT2D eigenvalue weighted by molar-refractivity contribution is 7.89. The number of sulfonamides is 2. The van der Waals surface area contributed by atoms with Gasteiger partial charge in [0, 0.05) is 39.1 Å². The van der Waals surface area contributed by atoms with Crippen LogP contribution in [0.1, 0.15) is 25.7 Å². The lowest BCUT2D eigenvalue weighted by molar-refractivity contribution is -0.120. The lowest BCUT2D eigenvalue weighted by Crippen LogP contribution is -2.43. The number of amides is 1. The van der Waals surface area contributed by atoms with Crippen LogP contribution in [0.4, 0.5) is 0 Å². The Kier molecular flexibility index (Phi) is 7.62. The third-order valence-corrected chi connectivity index (χ3v) is 8.09. The number of carbonyl (C=O) groups excluding carboxylic acids is 1. The summed E-state index contributed by atoms with van der Waals surface area (Å²) in [6.45, 7) is 2.40. The predicted octanol–water partition coefficient (Wildman–Crippen LogP) is -1.03. The molecule has 0 bridgehead atoms. The Morgan fingerprint density at radius 1 is 0.840 bits per heavy atom. The Morgan fingerprint density at radius 2 is 1.40 bits per heavy atom. The first-order valence-corrected chi connectivity index (χ1v) is 11.8. The second-order valence-corrected chi connectivity index (χ2v) is 10.4. The van der Waals surface area contributed by atoms with E-state index in [9.17, 15) is 21.6 Å². The fraction of sp³-hybridized carbons (Fsp3) is 0.929. The highest BCUT2D eigenvalue weighted by atomic mass is 32.2. The Labute approximate surface area is 149 Å². The summed E-state index contributed by atoms with van der Waals surface area (Å²) in [4.78, 5) is 11.8. The zero-order chi connectivity index (χ0) is 18.3. The zero-order valence-electron chi connectivity index (χ0n) is 14.4. The average Bonchev–Trinajstić information content (AvgIpc) is 2.61. The monoisotopic (exact) mass is 397 g/mol. The van der Waals surface area contributed by atoms with E-state index >= 15 is 0 Å². The minimum atomic E-state index is -3.48. The van der Waals surface area contributed by atoms with Crippen LogP contribution in [0.2, 0.25) is 0 Å². The van der Waals surface area contributed by atoms with Crippen molar-refractivity contribution in [3.05, 3.63) is 0 Å². The molecule has 2 aliphatic heterocycles. The number of morpholine rings is 1. The first kappa shape index (κ1) is 20.6. The molecule has 1 amide bonds. The van der Waals surface area contributed by atoms with E-state index in [2.05, 4.69) is 5.32 Å². The SMILES string of the molecule is O=C(CCS(=O)(=O)N1CCOCC1)NCCS(=O)(=O)N1CCCCC1. The van der Waals surface area contributed by atoms with E-state index in [0.29, 0.717) is 39.4 Å². The first-order valence-electron chi connectivity index (χ1n) is 8.61. The maximum absolute atomic E-state index is 12.2. The van der Waals surface area contributed by atoms with Gasteiger partial charge in [-0.1, -0.05) is 6.42 Å². The van der Waals surface area contributed by atoms with Crippen molar-refractivity contribution in [2.45, 2.75) is 25.7 Å². The van der Waals surface area contributed by atoms with Gasteiger partial charge in [0.15, 0.2) is 0 Å². The summed E-state index contributed by atoms with van der Waals surface area (Å²) in [5.74, 6) is -0.891. The largest absolute Gasteiger partial charge is 0.379 e. The molecule has 2 heterocycles. The van der Waals surface area contributed by atoms with Crippen molar-refractivity contribution in [2.24, 2.45) is 0 Å². The quantitative estimate of drug-likeness (QED) is 0.560. The van der Waals surface area contributed by atoms with Crippen LogP contribution in [0, 0.1) is 0 Å². The third-order valence-electron chi connectivity index (χ3n) is 4.34. The van der Waals surface area contributed by atoms with Gasteiger partial charge in [0.1, 0.15) is 0 Å². The summed E-state index contributed by atoms with van der Waals surface area (Å²) >= 11 is 0. The molecule has 0 aromatic rings. The molecule has 0 aromatic heterocycles. The molecule has 2 saturated heterocycles. The van der Waals surface area contributed by atoms with E-state index in [-0.39, 0.29) is 24.5 Å². The first-order chi connectivity index (χ1) is 11.8. The van der Waals surface area contributed by atoms with Gasteiger partial charge in [-0.3, -0.25) is 4.79 Å². The summed E-state index contributed by atoms with van der Waals surface area (Å²) in [5.41, 5.74) is 0. The molecule has 0 unspecified atom stereocenters. The second kappa shape index (κ2) is 9.26. The molecule has 1 N–H and O–H groups in total. The van der Waals surface area contributed by atoms with Crippen molar-refractivity contribution in [1.29, 1.82) is 0 Å². The van der Waals surface area contributed by atoms with Crippen molar-refractivity contribution in [3.8, 4) is 0 Å². The standard InChI is InChI=1S/C14H27N3O6S2/c18-14(4-12-24(19,20)17-8-10-23-11-9-17)15-5-13-25(21,22)16-6-2-1-3-7-16/h1-13H2,(H,15,18). The lowest BCUT2D eigenvalue weighted by Gasteiger charge is -2.26. The molecule has 2 rings (SSSR count). The fourth-order valence-electron chi connectivity index (χ4n) is 2.86. The molecule has 0 atom stereocenters. The van der Waals surface area contributed by atoms with Crippen LogP contribution in [-0.2, 0) is 29.6 Å². The number of hydrogen-bond donors (Lipinski definition) is 1. The molecule has 11 heteroatoms. The minimum Gasteiger partial charge on any atom is -0.379 e. The molecule has 0 spiro atoms. The van der Waals surface area contributed by atoms with E-state index in [1.165, 1.54) is 8.61 Å². The van der Waals surface area contributed by atoms with Crippen LogP contribution < -0.4 is 5.32 Å². The maximum Gasteiger partial charge on any atom is 0.221 e. The third kappa shape index (κ3) is 6.48. The zero-order valence-corrected chi connectivity index (χ0v) is 16.0. The maximum atomic E-state index is 12.2. The van der Waals surface area contributed by atoms with Crippen molar-refractivity contribution in [2.75, 3.05) is 57.4 Å². The van der Waals surface area contributed by atoms with E-state index in [4.69, 9.17) is 4.74 Å². The summed E-state index contributed by atoms with van der Waals surface area (Å²) in [6, 6.07) is 0. The molecular formula is C14H27N3O6S2. The highest BCUT2D eigenvalue weighted by Crippen LogP contribution is 2.13. The molecular weight excluding hydrogens is 370 g/mol. The molecule has 0 aromatic carbocycles. The number of piperidine rings is 1. The summed E-state index contributed by atoms with van der Waals surface area (Å²) in [6.07, 6.45) is 2.60. The van der Waals surface area contributed by atoms with Gasteiger partial charge in [0.2, 0.25) is 26.0 Å². The fourth-order valence-corrected chi connectivity index (χ4v) is 5.70. The van der Waals surface area contributed by atoms with E-state index < -0.39 is 26.0 Å². The van der Waals surface area contributed by atoms with Crippen LogP contribution in [0.3, 0.4) is 0 Å². The molecule has 9 nitrogen and oxygen atoms in total. The predicted molar refractivity (Wildman–Crippen MR) is 93.0 cm³/mol. The van der Waals surface area contributed by atoms with Crippen LogP contribution in [0.5, 0.6) is 0 Å². The van der Waals surface area contributed by atoms with E-state index in [1.807, 2.05) is 0 Å². The van der Waals surface area contributed by atoms with Gasteiger partial charge in [-0.25, -0.2) is 21.1 Å². The van der Waals surface area contributed by atoms with Gasteiger partial charge < -0.3 is 10.1 Å². The minimum absolute atomic E-state index is 0.00469. The second-order valence-electron chi connectivity index (χ2n) is 6.20. The number of nitrogens with zero attached hydrogens (tertiary/aromatic N) is 2. The smallest absolute Gasteiger partial charge is 0.221 e. The van der Waals surface area contributed by atoms with E-state index in [1.54, 1.807) is 0 Å². The number of hydrogen-bond acceptors (Lipinski definition) is 6. The van der Waals surface area contributed by atoms with Gasteiger partial charge >= 0.3 is 0 Å². The molecule has 0 saturated carbocycles. The summed E-state index contributed by atoms with van der Waals surface area (Å²) < 4.78 is 56.4. The van der Waals surface area contributed by atoms with Crippen LogP contribution in [-0.4, -0.2) is 88.8 Å². The normalized spacial score (nSPS) is 21.1. The Balaban J connectivity index is 1.69. The highest BCUT2D eigenvalue weighted by Gasteiger charge is 2.26. The number of ether oxygens (including phenoxy) is 1. The molecule has 146 valence electrons. The van der Waals surface area contributed by atoms with Crippen molar-refractivity contribution in [3.63, 3.8) is 0 Å². The number of carbonyl (C=O) groups is 1. The summed E-state index contributed by atoms with van der Waals surface area (Å²) in [5, 5.41) is 2.50.